The lowest BCUT2D eigenvalue weighted by molar-refractivity contribution is -0.125. The molecule has 7 heteroatoms. The van der Waals surface area contributed by atoms with E-state index in [0.29, 0.717) is 36.7 Å². The van der Waals surface area contributed by atoms with E-state index in [2.05, 4.69) is 11.9 Å². The van der Waals surface area contributed by atoms with Crippen molar-refractivity contribution >= 4 is 27.3 Å². The summed E-state index contributed by atoms with van der Waals surface area (Å²) in [6.07, 6.45) is 2.76. The summed E-state index contributed by atoms with van der Waals surface area (Å²) in [5, 5.41) is 2.77. The highest BCUT2D eigenvalue weighted by Gasteiger charge is 2.32. The number of carbonyl (C=O) groups excluding carboxylic acids is 1. The van der Waals surface area contributed by atoms with Crippen LogP contribution in [0.5, 0.6) is 0 Å². The minimum absolute atomic E-state index is 0.0149. The lowest BCUT2D eigenvalue weighted by Crippen LogP contribution is -2.42. The van der Waals surface area contributed by atoms with Gasteiger partial charge in [-0.25, -0.2) is 8.42 Å². The summed E-state index contributed by atoms with van der Waals surface area (Å²) in [5.41, 5.74) is 0. The summed E-state index contributed by atoms with van der Waals surface area (Å²) < 4.78 is 26.8. The zero-order valence-corrected chi connectivity index (χ0v) is 13.7. The Hall–Kier alpha value is -1.18. The number of nitrogens with zero attached hydrogens (tertiary/aromatic N) is 1. The van der Waals surface area contributed by atoms with Crippen molar-refractivity contribution in [3.63, 3.8) is 0 Å². The minimum Gasteiger partial charge on any atom is -0.352 e. The Labute approximate surface area is 129 Å². The summed E-state index contributed by atoms with van der Waals surface area (Å²) >= 11 is 1.29. The van der Waals surface area contributed by atoms with Gasteiger partial charge in [0.25, 0.3) is 10.0 Å². The van der Waals surface area contributed by atoms with Crippen molar-refractivity contribution in [2.45, 2.75) is 24.0 Å². The Balaban J connectivity index is 1.97. The van der Waals surface area contributed by atoms with Crippen LogP contribution in [0.2, 0.25) is 0 Å². The number of nitrogens with one attached hydrogen (secondary N) is 1. The van der Waals surface area contributed by atoms with Gasteiger partial charge >= 0.3 is 0 Å². The minimum atomic E-state index is -3.40. The number of hydrogen-bond donors (Lipinski definition) is 1. The highest BCUT2D eigenvalue weighted by molar-refractivity contribution is 7.91. The summed E-state index contributed by atoms with van der Waals surface area (Å²) in [6.45, 7) is 6.68. The Morgan fingerprint density at radius 3 is 2.67 bits per heavy atom. The average Bonchev–Trinajstić information content (AvgIpc) is 2.92. The molecule has 0 unspecified atom stereocenters. The largest absolute Gasteiger partial charge is 0.352 e. The molecule has 1 aliphatic rings. The zero-order chi connectivity index (χ0) is 15.5. The molecule has 116 valence electrons. The molecule has 1 aromatic heterocycles. The molecule has 1 aliphatic heterocycles. The first-order chi connectivity index (χ1) is 9.95. The number of thiophene rings is 1. The van der Waals surface area contributed by atoms with Crippen molar-refractivity contribution in [2.24, 2.45) is 5.92 Å². The van der Waals surface area contributed by atoms with Crippen LogP contribution in [0.25, 0.3) is 0 Å². The van der Waals surface area contributed by atoms with Crippen LogP contribution in [0.15, 0.2) is 29.0 Å². The first-order valence-corrected chi connectivity index (χ1v) is 9.16. The first kappa shape index (κ1) is 16.2. The molecule has 0 saturated carbocycles. The molecule has 0 aromatic carbocycles. The van der Waals surface area contributed by atoms with Gasteiger partial charge in [-0.1, -0.05) is 6.08 Å². The molecule has 0 radical (unpaired) electrons. The highest BCUT2D eigenvalue weighted by Crippen LogP contribution is 2.28. The van der Waals surface area contributed by atoms with E-state index >= 15 is 0 Å². The van der Waals surface area contributed by atoms with Crippen LogP contribution in [0.3, 0.4) is 0 Å². The fraction of sp³-hybridized carbons (Fsp3) is 0.500. The van der Waals surface area contributed by atoms with Crippen molar-refractivity contribution in [3.8, 4) is 0 Å². The van der Waals surface area contributed by atoms with Crippen LogP contribution in [0.1, 0.15) is 17.7 Å². The fourth-order valence-corrected chi connectivity index (χ4v) is 5.26. The van der Waals surface area contributed by atoms with Crippen LogP contribution >= 0.6 is 11.3 Å². The molecule has 1 fully saturated rings. The van der Waals surface area contributed by atoms with E-state index in [0.717, 1.165) is 4.88 Å². The van der Waals surface area contributed by atoms with Crippen molar-refractivity contribution < 1.29 is 13.2 Å². The number of sulfonamides is 1. The predicted octanol–water partition coefficient (Wildman–Crippen LogP) is 1.76. The average molecular weight is 328 g/mol. The van der Waals surface area contributed by atoms with E-state index < -0.39 is 10.0 Å². The fourth-order valence-electron chi connectivity index (χ4n) is 2.35. The van der Waals surface area contributed by atoms with E-state index in [9.17, 15) is 13.2 Å². The van der Waals surface area contributed by atoms with Gasteiger partial charge in [-0.3, -0.25) is 4.79 Å². The normalized spacial score (nSPS) is 17.6. The van der Waals surface area contributed by atoms with Gasteiger partial charge in [-0.05, 0) is 31.9 Å². The third-order valence-corrected chi connectivity index (χ3v) is 6.92. The van der Waals surface area contributed by atoms with Gasteiger partial charge in [0, 0.05) is 30.4 Å². The SMILES string of the molecule is C=CCNC(=O)C1CCN(S(=O)(=O)c2ccc(C)s2)CC1. The number of piperidine rings is 1. The van der Waals surface area contributed by atoms with Crippen molar-refractivity contribution in [3.05, 3.63) is 29.7 Å². The molecule has 21 heavy (non-hydrogen) atoms. The monoisotopic (exact) mass is 328 g/mol. The van der Waals surface area contributed by atoms with Crippen molar-refractivity contribution in [1.82, 2.24) is 9.62 Å². The molecule has 5 nitrogen and oxygen atoms in total. The molecule has 1 amide bonds. The number of carbonyl (C=O) groups is 1. The van der Waals surface area contributed by atoms with Crippen LogP contribution in [-0.4, -0.2) is 38.3 Å². The number of aryl methyl sites for hydroxylation is 1. The number of hydrogen-bond acceptors (Lipinski definition) is 4. The molecule has 1 saturated heterocycles. The lowest BCUT2D eigenvalue weighted by Gasteiger charge is -2.30. The molecule has 0 spiro atoms. The first-order valence-electron chi connectivity index (χ1n) is 6.90. The van der Waals surface area contributed by atoms with Crippen LogP contribution < -0.4 is 5.32 Å². The smallest absolute Gasteiger partial charge is 0.252 e. The van der Waals surface area contributed by atoms with E-state index in [1.807, 2.05) is 13.0 Å². The second-order valence-electron chi connectivity index (χ2n) is 5.08. The molecule has 0 atom stereocenters. The van der Waals surface area contributed by atoms with E-state index in [1.165, 1.54) is 15.6 Å². The molecule has 0 aliphatic carbocycles. The maximum atomic E-state index is 12.5. The topological polar surface area (TPSA) is 66.5 Å². The summed E-state index contributed by atoms with van der Waals surface area (Å²) in [4.78, 5) is 12.8. The summed E-state index contributed by atoms with van der Waals surface area (Å²) in [5.74, 6) is -0.125. The molecule has 1 N–H and O–H groups in total. The Morgan fingerprint density at radius 1 is 1.48 bits per heavy atom. The molecule has 0 bridgehead atoms. The second-order valence-corrected chi connectivity index (χ2v) is 8.53. The summed E-state index contributed by atoms with van der Waals surface area (Å²) in [7, 11) is -3.40. The Morgan fingerprint density at radius 2 is 2.14 bits per heavy atom. The quantitative estimate of drug-likeness (QED) is 0.838. The van der Waals surface area contributed by atoms with Crippen LogP contribution in [0.4, 0.5) is 0 Å². The third kappa shape index (κ3) is 3.72. The standard InChI is InChI=1S/C14H20N2O3S2/c1-3-8-15-14(17)12-6-9-16(10-7-12)21(18,19)13-5-4-11(2)20-13/h3-5,12H,1,6-10H2,2H3,(H,15,17). The molecule has 2 rings (SSSR count). The van der Waals surface area contributed by atoms with E-state index in [-0.39, 0.29) is 11.8 Å². The van der Waals surface area contributed by atoms with Crippen LogP contribution in [-0.2, 0) is 14.8 Å². The number of amides is 1. The highest BCUT2D eigenvalue weighted by atomic mass is 32.2. The van der Waals surface area contributed by atoms with Gasteiger partial charge in [0.05, 0.1) is 0 Å². The lowest BCUT2D eigenvalue weighted by atomic mass is 9.97. The van der Waals surface area contributed by atoms with Gasteiger partial charge in [0.2, 0.25) is 5.91 Å². The van der Waals surface area contributed by atoms with E-state index in [1.54, 1.807) is 12.1 Å². The van der Waals surface area contributed by atoms with Gasteiger partial charge in [0.15, 0.2) is 0 Å². The Bertz CT molecular complexity index is 614. The van der Waals surface area contributed by atoms with Gasteiger partial charge in [-0.2, -0.15) is 4.31 Å². The number of rotatable bonds is 5. The Kier molecular flexibility index (Phi) is 5.18. The summed E-state index contributed by atoms with van der Waals surface area (Å²) in [6, 6.07) is 3.46. The van der Waals surface area contributed by atoms with Crippen molar-refractivity contribution in [1.29, 1.82) is 0 Å². The molecule has 2 heterocycles. The third-order valence-electron chi connectivity index (χ3n) is 3.56. The zero-order valence-electron chi connectivity index (χ0n) is 12.0. The maximum absolute atomic E-state index is 12.5. The van der Waals surface area contributed by atoms with E-state index in [4.69, 9.17) is 0 Å². The van der Waals surface area contributed by atoms with Crippen LogP contribution in [0, 0.1) is 12.8 Å². The van der Waals surface area contributed by atoms with Gasteiger partial charge < -0.3 is 5.32 Å². The maximum Gasteiger partial charge on any atom is 0.252 e. The van der Waals surface area contributed by atoms with Gasteiger partial charge in [-0.15, -0.1) is 17.9 Å². The predicted molar refractivity (Wildman–Crippen MR) is 83.7 cm³/mol. The second kappa shape index (κ2) is 6.72. The molecular weight excluding hydrogens is 308 g/mol. The molecule has 1 aromatic rings. The molecular formula is C14H20N2O3S2. The van der Waals surface area contributed by atoms with Gasteiger partial charge in [0.1, 0.15) is 4.21 Å². The van der Waals surface area contributed by atoms with Crippen molar-refractivity contribution in [2.75, 3.05) is 19.6 Å².